The molecule has 2 aromatic rings. The minimum absolute atomic E-state index is 0.120. The fourth-order valence-corrected chi connectivity index (χ4v) is 2.99. The molecule has 0 aliphatic rings. The number of nitrogens with zero attached hydrogens (tertiary/aromatic N) is 1. The van der Waals surface area contributed by atoms with E-state index >= 15 is 0 Å². The molecule has 0 bridgehead atoms. The van der Waals surface area contributed by atoms with Gasteiger partial charge in [-0.05, 0) is 38.3 Å². The number of hydrogen-bond donors (Lipinski definition) is 2. The van der Waals surface area contributed by atoms with Crippen molar-refractivity contribution in [2.45, 2.75) is 39.4 Å². The quantitative estimate of drug-likeness (QED) is 0.788. The second kappa shape index (κ2) is 8.71. The summed E-state index contributed by atoms with van der Waals surface area (Å²) in [4.78, 5) is 24.3. The number of rotatable bonds is 7. The highest BCUT2D eigenvalue weighted by Crippen LogP contribution is 2.22. The van der Waals surface area contributed by atoms with Gasteiger partial charge in [0.05, 0.1) is 11.0 Å². The van der Waals surface area contributed by atoms with Crippen LogP contribution in [-0.4, -0.2) is 28.0 Å². The molecule has 0 fully saturated rings. The number of nitrogens with one attached hydrogen (secondary N) is 2. The van der Waals surface area contributed by atoms with E-state index in [0.29, 0.717) is 11.6 Å². The zero-order chi connectivity index (χ0) is 18.4. The highest BCUT2D eigenvalue weighted by atomic mass is 32.2. The van der Waals surface area contributed by atoms with Gasteiger partial charge >= 0.3 is 0 Å². The molecule has 1 aromatic heterocycles. The molecule has 0 aliphatic heterocycles. The average molecular weight is 361 g/mol. The van der Waals surface area contributed by atoms with Crippen molar-refractivity contribution in [2.75, 3.05) is 16.4 Å². The first-order valence-electron chi connectivity index (χ1n) is 8.14. The van der Waals surface area contributed by atoms with Crippen molar-refractivity contribution < 1.29 is 14.1 Å². The maximum atomic E-state index is 12.2. The van der Waals surface area contributed by atoms with Gasteiger partial charge in [-0.1, -0.05) is 30.3 Å². The molecule has 2 N–H and O–H groups in total. The largest absolute Gasteiger partial charge is 0.360 e. The van der Waals surface area contributed by atoms with Crippen LogP contribution in [0.25, 0.3) is 0 Å². The molecular formula is C18H23N3O3S. The van der Waals surface area contributed by atoms with Crippen molar-refractivity contribution in [2.24, 2.45) is 0 Å². The molecule has 0 saturated carbocycles. The van der Waals surface area contributed by atoms with Gasteiger partial charge in [-0.25, -0.2) is 0 Å². The molecule has 7 heteroatoms. The molecule has 1 aromatic carbocycles. The Bertz CT molecular complexity index is 758. The normalized spacial score (nSPS) is 11.8. The number of carbonyl (C=O) groups is 2. The Kier molecular flexibility index (Phi) is 6.64. The van der Waals surface area contributed by atoms with Crippen molar-refractivity contribution in [1.82, 2.24) is 5.16 Å². The Morgan fingerprint density at radius 1 is 1.28 bits per heavy atom. The molecule has 1 heterocycles. The molecule has 0 radical (unpaired) electrons. The minimum Gasteiger partial charge on any atom is -0.360 e. The number of carbonyl (C=O) groups excluding carboxylic acids is 2. The summed E-state index contributed by atoms with van der Waals surface area (Å²) >= 11 is 1.27. The number of hydrogen-bond acceptors (Lipinski definition) is 5. The molecule has 1 atom stereocenters. The summed E-state index contributed by atoms with van der Waals surface area (Å²) in [7, 11) is 0. The monoisotopic (exact) mass is 361 g/mol. The lowest BCUT2D eigenvalue weighted by atomic mass is 10.1. The summed E-state index contributed by atoms with van der Waals surface area (Å²) in [6.07, 6.45) is 0.848. The number of amides is 2. The fraction of sp³-hybridized carbons (Fsp3) is 0.389. The van der Waals surface area contributed by atoms with Gasteiger partial charge in [-0.3, -0.25) is 9.59 Å². The van der Waals surface area contributed by atoms with Crippen LogP contribution < -0.4 is 10.6 Å². The zero-order valence-electron chi connectivity index (χ0n) is 14.9. The van der Waals surface area contributed by atoms with Gasteiger partial charge in [0.1, 0.15) is 5.76 Å². The third-order valence-electron chi connectivity index (χ3n) is 3.72. The Balaban J connectivity index is 1.86. The minimum atomic E-state index is -0.384. The van der Waals surface area contributed by atoms with Crippen molar-refractivity contribution in [3.8, 4) is 0 Å². The lowest BCUT2D eigenvalue weighted by Crippen LogP contribution is -2.25. The van der Waals surface area contributed by atoms with Gasteiger partial charge in [0.25, 0.3) is 0 Å². The Labute approximate surface area is 151 Å². The molecular weight excluding hydrogens is 338 g/mol. The van der Waals surface area contributed by atoms with E-state index in [9.17, 15) is 9.59 Å². The van der Waals surface area contributed by atoms with Gasteiger partial charge in [0.2, 0.25) is 11.8 Å². The summed E-state index contributed by atoms with van der Waals surface area (Å²) in [5.41, 5.74) is 3.00. The van der Waals surface area contributed by atoms with E-state index in [1.165, 1.54) is 11.8 Å². The van der Waals surface area contributed by atoms with Crippen LogP contribution in [0.3, 0.4) is 0 Å². The van der Waals surface area contributed by atoms with E-state index in [0.717, 1.165) is 23.2 Å². The first kappa shape index (κ1) is 19.1. The van der Waals surface area contributed by atoms with E-state index < -0.39 is 0 Å². The summed E-state index contributed by atoms with van der Waals surface area (Å²) in [6, 6.07) is 7.60. The molecule has 6 nitrogen and oxygen atoms in total. The predicted octanol–water partition coefficient (Wildman–Crippen LogP) is 3.55. The SMILES string of the molecule is CCc1cccc(C)c1NC(=O)CS[C@@H](C)C(=O)Nc1cc(C)on1. The standard InChI is InChI=1S/C18H23N3O3S/c1-5-14-8-6-7-11(2)17(14)20-16(22)10-25-13(4)18(23)19-15-9-12(3)24-21-15/h6-9,13H,5,10H2,1-4H3,(H,20,22)(H,19,21,23)/t13-/m0/s1. The summed E-state index contributed by atoms with van der Waals surface area (Å²) in [5.74, 6) is 0.873. The van der Waals surface area contributed by atoms with Gasteiger partial charge in [0.15, 0.2) is 5.82 Å². The molecule has 0 saturated heterocycles. The number of para-hydroxylation sites is 1. The van der Waals surface area contributed by atoms with Crippen LogP contribution in [0.4, 0.5) is 11.5 Å². The van der Waals surface area contributed by atoms with Gasteiger partial charge in [-0.2, -0.15) is 0 Å². The van der Waals surface area contributed by atoms with Crippen molar-refractivity contribution in [3.63, 3.8) is 0 Å². The summed E-state index contributed by atoms with van der Waals surface area (Å²) in [6.45, 7) is 7.53. The van der Waals surface area contributed by atoms with E-state index in [2.05, 4.69) is 22.7 Å². The van der Waals surface area contributed by atoms with Crippen LogP contribution in [0.2, 0.25) is 0 Å². The van der Waals surface area contributed by atoms with Crippen LogP contribution in [0.5, 0.6) is 0 Å². The lowest BCUT2D eigenvalue weighted by molar-refractivity contribution is -0.115. The molecule has 134 valence electrons. The predicted molar refractivity (Wildman–Crippen MR) is 101 cm³/mol. The number of aromatic nitrogens is 1. The van der Waals surface area contributed by atoms with Crippen LogP contribution >= 0.6 is 11.8 Å². The lowest BCUT2D eigenvalue weighted by Gasteiger charge is -2.14. The smallest absolute Gasteiger partial charge is 0.238 e. The molecule has 0 unspecified atom stereocenters. The Hall–Kier alpha value is -2.28. The third kappa shape index (κ3) is 5.35. The van der Waals surface area contributed by atoms with Crippen LogP contribution in [-0.2, 0) is 16.0 Å². The van der Waals surface area contributed by atoms with Crippen molar-refractivity contribution in [1.29, 1.82) is 0 Å². The van der Waals surface area contributed by atoms with Gasteiger partial charge in [0, 0.05) is 11.8 Å². The van der Waals surface area contributed by atoms with Gasteiger partial charge < -0.3 is 15.2 Å². The van der Waals surface area contributed by atoms with E-state index in [1.54, 1.807) is 19.9 Å². The van der Waals surface area contributed by atoms with Crippen LogP contribution in [0, 0.1) is 13.8 Å². The maximum absolute atomic E-state index is 12.2. The summed E-state index contributed by atoms with van der Waals surface area (Å²) in [5, 5.41) is 8.96. The summed E-state index contributed by atoms with van der Waals surface area (Å²) < 4.78 is 4.91. The van der Waals surface area contributed by atoms with Crippen LogP contribution in [0.15, 0.2) is 28.8 Å². The number of benzene rings is 1. The van der Waals surface area contributed by atoms with Gasteiger partial charge in [-0.15, -0.1) is 11.8 Å². The molecule has 2 amide bonds. The third-order valence-corrected chi connectivity index (χ3v) is 4.86. The van der Waals surface area contributed by atoms with E-state index in [4.69, 9.17) is 4.52 Å². The average Bonchev–Trinajstić information content (AvgIpc) is 2.99. The number of aryl methyl sites for hydroxylation is 3. The van der Waals surface area contributed by atoms with Crippen molar-refractivity contribution >= 4 is 35.1 Å². The number of thioether (sulfide) groups is 1. The molecule has 0 aliphatic carbocycles. The zero-order valence-corrected chi connectivity index (χ0v) is 15.7. The van der Waals surface area contributed by atoms with E-state index in [-0.39, 0.29) is 22.8 Å². The number of anilines is 2. The highest BCUT2D eigenvalue weighted by Gasteiger charge is 2.17. The topological polar surface area (TPSA) is 84.2 Å². The molecule has 25 heavy (non-hydrogen) atoms. The molecule has 2 rings (SSSR count). The highest BCUT2D eigenvalue weighted by molar-refractivity contribution is 8.01. The first-order valence-corrected chi connectivity index (χ1v) is 9.19. The molecule has 0 spiro atoms. The second-order valence-corrected chi connectivity index (χ2v) is 7.11. The van der Waals surface area contributed by atoms with Crippen LogP contribution in [0.1, 0.15) is 30.7 Å². The van der Waals surface area contributed by atoms with Crippen molar-refractivity contribution in [3.05, 3.63) is 41.2 Å². The second-order valence-electron chi connectivity index (χ2n) is 5.78. The maximum Gasteiger partial charge on any atom is 0.238 e. The first-order chi connectivity index (χ1) is 11.9. The Morgan fingerprint density at radius 3 is 2.68 bits per heavy atom. The fourth-order valence-electron chi connectivity index (χ4n) is 2.31. The van der Waals surface area contributed by atoms with E-state index in [1.807, 2.05) is 25.1 Å². The Morgan fingerprint density at radius 2 is 2.04 bits per heavy atom.